The fourth-order valence-corrected chi connectivity index (χ4v) is 3.73. The van der Waals surface area contributed by atoms with E-state index in [0.717, 1.165) is 24.5 Å². The van der Waals surface area contributed by atoms with E-state index >= 15 is 0 Å². The number of rotatable bonds is 3. The summed E-state index contributed by atoms with van der Waals surface area (Å²) in [6.07, 6.45) is -0.171. The molecule has 2 heterocycles. The second-order valence-corrected chi connectivity index (χ2v) is 6.41. The number of amides is 1. The Morgan fingerprint density at radius 1 is 1.38 bits per heavy atom. The fourth-order valence-electron chi connectivity index (χ4n) is 2.74. The highest BCUT2D eigenvalue weighted by atomic mass is 32.2. The molecule has 1 aromatic rings. The third kappa shape index (κ3) is 3.40. The minimum Gasteiger partial charge on any atom is -0.394 e. The number of ether oxygens (including phenoxy) is 1. The smallest absolute Gasteiger partial charge is 0.241 e. The van der Waals surface area contributed by atoms with Crippen molar-refractivity contribution in [3.05, 3.63) is 24.3 Å². The summed E-state index contributed by atoms with van der Waals surface area (Å²) in [6.45, 7) is 3.09. The van der Waals surface area contributed by atoms with Gasteiger partial charge in [0.25, 0.3) is 0 Å². The molecule has 1 aromatic carbocycles. The van der Waals surface area contributed by atoms with E-state index in [0.29, 0.717) is 19.7 Å². The van der Waals surface area contributed by atoms with Crippen LogP contribution in [-0.4, -0.2) is 67.2 Å². The summed E-state index contributed by atoms with van der Waals surface area (Å²) in [7, 11) is 0. The molecule has 6 heteroatoms. The number of fused-ring (bicyclic) bond motifs is 1. The van der Waals surface area contributed by atoms with Crippen molar-refractivity contribution in [2.75, 3.05) is 50.0 Å². The Balaban J connectivity index is 1.66. The Kier molecular flexibility index (Phi) is 4.80. The highest BCUT2D eigenvalue weighted by molar-refractivity contribution is 7.99. The molecule has 3 rings (SSSR count). The molecule has 0 bridgehead atoms. The van der Waals surface area contributed by atoms with Gasteiger partial charge < -0.3 is 14.7 Å². The van der Waals surface area contributed by atoms with Gasteiger partial charge in [-0.25, -0.2) is 0 Å². The van der Waals surface area contributed by atoms with Gasteiger partial charge in [0.05, 0.1) is 31.5 Å². The van der Waals surface area contributed by atoms with Gasteiger partial charge in [0.1, 0.15) is 0 Å². The van der Waals surface area contributed by atoms with Crippen LogP contribution < -0.4 is 4.90 Å². The van der Waals surface area contributed by atoms with Gasteiger partial charge in [-0.1, -0.05) is 12.1 Å². The molecule has 21 heavy (non-hydrogen) atoms. The number of hydrogen-bond acceptors (Lipinski definition) is 5. The normalized spacial score (nSPS) is 22.9. The van der Waals surface area contributed by atoms with Crippen molar-refractivity contribution in [3.63, 3.8) is 0 Å². The maximum atomic E-state index is 12.6. The minimum absolute atomic E-state index is 0.00782. The highest BCUT2D eigenvalue weighted by Crippen LogP contribution is 2.34. The molecule has 114 valence electrons. The van der Waals surface area contributed by atoms with E-state index in [2.05, 4.69) is 11.0 Å². The maximum Gasteiger partial charge on any atom is 0.241 e. The zero-order valence-corrected chi connectivity index (χ0v) is 12.7. The van der Waals surface area contributed by atoms with Gasteiger partial charge in [0, 0.05) is 30.3 Å². The van der Waals surface area contributed by atoms with Crippen molar-refractivity contribution >= 4 is 23.4 Å². The number of thioether (sulfide) groups is 1. The summed E-state index contributed by atoms with van der Waals surface area (Å²) in [5.41, 5.74) is 1.02. The Hall–Kier alpha value is -1.08. The Bertz CT molecular complexity index is 511. The van der Waals surface area contributed by atoms with Gasteiger partial charge in [-0.15, -0.1) is 11.8 Å². The molecule has 0 saturated carbocycles. The van der Waals surface area contributed by atoms with Crippen LogP contribution in [0.5, 0.6) is 0 Å². The summed E-state index contributed by atoms with van der Waals surface area (Å²) in [4.78, 5) is 17.7. The highest BCUT2D eigenvalue weighted by Gasteiger charge is 2.26. The van der Waals surface area contributed by atoms with E-state index in [1.165, 1.54) is 4.90 Å². The van der Waals surface area contributed by atoms with Crippen LogP contribution in [0.4, 0.5) is 5.69 Å². The molecule has 0 spiro atoms. The van der Waals surface area contributed by atoms with Crippen molar-refractivity contribution in [2.24, 2.45) is 0 Å². The van der Waals surface area contributed by atoms with Crippen molar-refractivity contribution in [1.82, 2.24) is 4.90 Å². The van der Waals surface area contributed by atoms with Gasteiger partial charge in [0.2, 0.25) is 5.91 Å². The molecule has 0 radical (unpaired) electrons. The second kappa shape index (κ2) is 6.79. The van der Waals surface area contributed by atoms with Crippen LogP contribution in [0.3, 0.4) is 0 Å². The van der Waals surface area contributed by atoms with Crippen LogP contribution in [0.2, 0.25) is 0 Å². The number of aliphatic hydroxyl groups excluding tert-OH is 1. The molecule has 1 amide bonds. The number of hydrogen-bond donors (Lipinski definition) is 1. The van der Waals surface area contributed by atoms with Crippen LogP contribution in [0.1, 0.15) is 0 Å². The molecule has 2 aliphatic heterocycles. The van der Waals surface area contributed by atoms with E-state index in [9.17, 15) is 9.90 Å². The van der Waals surface area contributed by atoms with Crippen LogP contribution in [-0.2, 0) is 9.53 Å². The third-order valence-corrected chi connectivity index (χ3v) is 4.86. The number of anilines is 1. The average Bonchev–Trinajstić information content (AvgIpc) is 2.54. The van der Waals surface area contributed by atoms with E-state index in [-0.39, 0.29) is 18.6 Å². The molecule has 1 atom stereocenters. The third-order valence-electron chi connectivity index (χ3n) is 3.81. The molecule has 2 aliphatic rings. The molecule has 1 saturated heterocycles. The van der Waals surface area contributed by atoms with Crippen LogP contribution in [0.15, 0.2) is 29.2 Å². The van der Waals surface area contributed by atoms with Gasteiger partial charge in [-0.05, 0) is 12.1 Å². The van der Waals surface area contributed by atoms with Crippen LogP contribution in [0.25, 0.3) is 0 Å². The first kappa shape index (κ1) is 14.8. The summed E-state index contributed by atoms with van der Waals surface area (Å²) in [6, 6.07) is 8.06. The SMILES string of the molecule is O=C(CN1CCOC(CO)C1)N1CCSc2ccccc21. The van der Waals surface area contributed by atoms with Gasteiger partial charge >= 0.3 is 0 Å². The van der Waals surface area contributed by atoms with E-state index < -0.39 is 0 Å². The lowest BCUT2D eigenvalue weighted by Crippen LogP contribution is -2.49. The molecule has 1 N–H and O–H groups in total. The Morgan fingerprint density at radius 3 is 3.10 bits per heavy atom. The predicted molar refractivity (Wildman–Crippen MR) is 82.8 cm³/mol. The first-order valence-corrected chi connectivity index (χ1v) is 8.23. The zero-order valence-electron chi connectivity index (χ0n) is 11.9. The number of morpholine rings is 1. The van der Waals surface area contributed by atoms with Crippen molar-refractivity contribution in [3.8, 4) is 0 Å². The lowest BCUT2D eigenvalue weighted by Gasteiger charge is -2.34. The van der Waals surface area contributed by atoms with Crippen molar-refractivity contribution in [2.45, 2.75) is 11.0 Å². The number of aliphatic hydroxyl groups is 1. The predicted octanol–water partition coefficient (Wildman–Crippen LogP) is 0.818. The molecule has 0 aromatic heterocycles. The largest absolute Gasteiger partial charge is 0.394 e. The summed E-state index contributed by atoms with van der Waals surface area (Å²) >= 11 is 1.80. The molecular weight excluding hydrogens is 288 g/mol. The lowest BCUT2D eigenvalue weighted by molar-refractivity contribution is -0.122. The van der Waals surface area contributed by atoms with E-state index in [1.54, 1.807) is 11.8 Å². The minimum atomic E-state index is -0.171. The molecule has 0 aliphatic carbocycles. The average molecular weight is 308 g/mol. The van der Waals surface area contributed by atoms with Gasteiger partial charge in [0.15, 0.2) is 0 Å². The number of carbonyl (C=O) groups is 1. The maximum absolute atomic E-state index is 12.6. The summed E-state index contributed by atoms with van der Waals surface area (Å²) in [5, 5.41) is 9.17. The summed E-state index contributed by atoms with van der Waals surface area (Å²) in [5.74, 6) is 1.06. The number of nitrogens with zero attached hydrogens (tertiary/aromatic N) is 2. The number of benzene rings is 1. The molecule has 1 unspecified atom stereocenters. The lowest BCUT2D eigenvalue weighted by atomic mass is 10.2. The Labute approximate surface area is 128 Å². The van der Waals surface area contributed by atoms with Gasteiger partial charge in [-0.2, -0.15) is 0 Å². The molecular formula is C15H20N2O3S. The van der Waals surface area contributed by atoms with E-state index in [4.69, 9.17) is 4.74 Å². The quantitative estimate of drug-likeness (QED) is 0.896. The zero-order chi connectivity index (χ0) is 14.7. The second-order valence-electron chi connectivity index (χ2n) is 5.27. The van der Waals surface area contributed by atoms with Crippen LogP contribution >= 0.6 is 11.8 Å². The van der Waals surface area contributed by atoms with Gasteiger partial charge in [-0.3, -0.25) is 9.69 Å². The Morgan fingerprint density at radius 2 is 2.24 bits per heavy atom. The first-order valence-electron chi connectivity index (χ1n) is 7.25. The topological polar surface area (TPSA) is 53.0 Å². The molecule has 5 nitrogen and oxygen atoms in total. The number of carbonyl (C=O) groups excluding carboxylic acids is 1. The van der Waals surface area contributed by atoms with Crippen molar-refractivity contribution < 1.29 is 14.6 Å². The summed E-state index contributed by atoms with van der Waals surface area (Å²) < 4.78 is 5.42. The first-order chi connectivity index (χ1) is 10.3. The standard InChI is InChI=1S/C15H20N2O3S/c18-11-12-9-16(5-7-20-12)10-15(19)17-6-8-21-14-4-2-1-3-13(14)17/h1-4,12,18H,5-11H2. The number of para-hydroxylation sites is 1. The monoisotopic (exact) mass is 308 g/mol. The van der Waals surface area contributed by atoms with E-state index in [1.807, 2.05) is 23.1 Å². The molecule has 1 fully saturated rings. The van der Waals surface area contributed by atoms with Crippen molar-refractivity contribution in [1.29, 1.82) is 0 Å². The fraction of sp³-hybridized carbons (Fsp3) is 0.533. The van der Waals surface area contributed by atoms with Crippen LogP contribution in [0, 0.1) is 0 Å².